The Morgan fingerprint density at radius 2 is 1.92 bits per heavy atom. The van der Waals surface area contributed by atoms with Gasteiger partial charge in [-0.15, -0.1) is 0 Å². The van der Waals surface area contributed by atoms with Crippen molar-refractivity contribution >= 4 is 11.9 Å². The van der Waals surface area contributed by atoms with Gasteiger partial charge in [0.1, 0.15) is 0 Å². The standard InChI is InChI=1S/C19H27N5O/c1-20-19(24(3)15-17-10-7-13-23(17)2)21-12-11-18(25)22-14-16-8-5-4-6-9-16/h4-10,13H,11-12,14-15H2,1-3H3,(H,20,21)(H,22,25). The molecule has 1 aromatic heterocycles. The van der Waals surface area contributed by atoms with Gasteiger partial charge >= 0.3 is 0 Å². The number of guanidine groups is 1. The van der Waals surface area contributed by atoms with Crippen LogP contribution in [0.2, 0.25) is 0 Å². The minimum Gasteiger partial charge on any atom is -0.356 e. The molecule has 0 radical (unpaired) electrons. The van der Waals surface area contributed by atoms with Crippen LogP contribution in [0.3, 0.4) is 0 Å². The normalized spacial score (nSPS) is 11.2. The Morgan fingerprint density at radius 3 is 2.56 bits per heavy atom. The maximum absolute atomic E-state index is 11.9. The van der Waals surface area contributed by atoms with E-state index in [1.807, 2.05) is 61.6 Å². The number of nitrogens with one attached hydrogen (secondary N) is 2. The van der Waals surface area contributed by atoms with Gasteiger partial charge in [-0.2, -0.15) is 0 Å². The molecule has 2 N–H and O–H groups in total. The van der Waals surface area contributed by atoms with Crippen LogP contribution in [0.1, 0.15) is 17.7 Å². The summed E-state index contributed by atoms with van der Waals surface area (Å²) in [5, 5.41) is 6.16. The zero-order chi connectivity index (χ0) is 18.1. The molecule has 0 unspecified atom stereocenters. The molecule has 2 aromatic rings. The SMILES string of the molecule is CN=C(NCCC(=O)NCc1ccccc1)N(C)Cc1cccn1C. The van der Waals surface area contributed by atoms with Crippen molar-refractivity contribution in [1.82, 2.24) is 20.1 Å². The lowest BCUT2D eigenvalue weighted by atomic mass is 10.2. The van der Waals surface area contributed by atoms with E-state index in [1.54, 1.807) is 7.05 Å². The van der Waals surface area contributed by atoms with E-state index in [4.69, 9.17) is 0 Å². The minimum absolute atomic E-state index is 0.0249. The molecule has 25 heavy (non-hydrogen) atoms. The molecule has 0 saturated carbocycles. The monoisotopic (exact) mass is 341 g/mol. The number of hydrogen-bond acceptors (Lipinski definition) is 2. The quantitative estimate of drug-likeness (QED) is 0.596. The average molecular weight is 341 g/mol. The molecule has 1 aromatic carbocycles. The fraction of sp³-hybridized carbons (Fsp3) is 0.368. The molecular formula is C19H27N5O. The van der Waals surface area contributed by atoms with E-state index in [0.717, 1.165) is 18.1 Å². The van der Waals surface area contributed by atoms with E-state index in [1.165, 1.54) is 5.69 Å². The molecule has 2 rings (SSSR count). The molecule has 1 heterocycles. The zero-order valence-corrected chi connectivity index (χ0v) is 15.2. The van der Waals surface area contributed by atoms with Crippen molar-refractivity contribution < 1.29 is 4.79 Å². The third-order valence-electron chi connectivity index (χ3n) is 3.99. The predicted octanol–water partition coefficient (Wildman–Crippen LogP) is 1.74. The van der Waals surface area contributed by atoms with Gasteiger partial charge in [-0.05, 0) is 17.7 Å². The van der Waals surface area contributed by atoms with E-state index in [9.17, 15) is 4.79 Å². The molecule has 0 atom stereocenters. The van der Waals surface area contributed by atoms with Crippen LogP contribution in [0.5, 0.6) is 0 Å². The highest BCUT2D eigenvalue weighted by atomic mass is 16.1. The molecule has 0 bridgehead atoms. The van der Waals surface area contributed by atoms with Crippen LogP contribution in [0.25, 0.3) is 0 Å². The van der Waals surface area contributed by atoms with Crippen LogP contribution in [0.15, 0.2) is 53.7 Å². The van der Waals surface area contributed by atoms with Crippen molar-refractivity contribution in [3.05, 3.63) is 59.9 Å². The van der Waals surface area contributed by atoms with Crippen molar-refractivity contribution in [2.45, 2.75) is 19.5 Å². The summed E-state index contributed by atoms with van der Waals surface area (Å²) in [6.45, 7) is 1.86. The first-order valence-corrected chi connectivity index (χ1v) is 8.42. The largest absolute Gasteiger partial charge is 0.356 e. The van der Waals surface area contributed by atoms with Gasteiger partial charge in [0.05, 0.1) is 6.54 Å². The molecule has 6 heteroatoms. The molecule has 0 aliphatic heterocycles. The van der Waals surface area contributed by atoms with Gasteiger partial charge in [0.15, 0.2) is 5.96 Å². The summed E-state index contributed by atoms with van der Waals surface area (Å²) in [6.07, 6.45) is 2.43. The number of rotatable bonds is 7. The predicted molar refractivity (Wildman–Crippen MR) is 101 cm³/mol. The van der Waals surface area contributed by atoms with Gasteiger partial charge in [-0.25, -0.2) is 0 Å². The van der Waals surface area contributed by atoms with Crippen LogP contribution < -0.4 is 10.6 Å². The second-order valence-corrected chi connectivity index (χ2v) is 5.95. The minimum atomic E-state index is 0.0249. The molecule has 134 valence electrons. The van der Waals surface area contributed by atoms with E-state index in [0.29, 0.717) is 19.5 Å². The van der Waals surface area contributed by atoms with E-state index < -0.39 is 0 Å². The number of aliphatic imine (C=N–C) groups is 1. The number of aryl methyl sites for hydroxylation is 1. The van der Waals surface area contributed by atoms with Crippen LogP contribution >= 0.6 is 0 Å². The highest BCUT2D eigenvalue weighted by Crippen LogP contribution is 2.03. The Kier molecular flexibility index (Phi) is 7.07. The molecule has 6 nitrogen and oxygen atoms in total. The molecule has 0 spiro atoms. The van der Waals surface area contributed by atoms with Gasteiger partial charge < -0.3 is 20.1 Å². The molecular weight excluding hydrogens is 314 g/mol. The number of carbonyl (C=O) groups excluding carboxylic acids is 1. The van der Waals surface area contributed by atoms with Crippen LogP contribution in [-0.2, 0) is 24.9 Å². The van der Waals surface area contributed by atoms with Crippen molar-refractivity contribution in [2.75, 3.05) is 20.6 Å². The van der Waals surface area contributed by atoms with Gasteiger partial charge in [0, 0.05) is 52.5 Å². The first-order chi connectivity index (χ1) is 12.1. The maximum atomic E-state index is 11.9. The van der Waals surface area contributed by atoms with Gasteiger partial charge in [0.2, 0.25) is 5.91 Å². The van der Waals surface area contributed by atoms with Gasteiger partial charge in [0.25, 0.3) is 0 Å². The molecule has 0 fully saturated rings. The summed E-state index contributed by atoms with van der Waals surface area (Å²) in [6, 6.07) is 14.0. The maximum Gasteiger partial charge on any atom is 0.222 e. The molecule has 1 amide bonds. The fourth-order valence-electron chi connectivity index (χ4n) is 2.54. The van der Waals surface area contributed by atoms with Crippen molar-refractivity contribution in [1.29, 1.82) is 0 Å². The Hall–Kier alpha value is -2.76. The number of benzene rings is 1. The third-order valence-corrected chi connectivity index (χ3v) is 3.99. The van der Waals surface area contributed by atoms with E-state index in [-0.39, 0.29) is 5.91 Å². The summed E-state index contributed by atoms with van der Waals surface area (Å²) in [7, 11) is 5.76. The van der Waals surface area contributed by atoms with Crippen molar-refractivity contribution in [2.24, 2.45) is 12.0 Å². The van der Waals surface area contributed by atoms with Crippen molar-refractivity contribution in [3.63, 3.8) is 0 Å². The number of aromatic nitrogens is 1. The second kappa shape index (κ2) is 9.52. The summed E-state index contributed by atoms with van der Waals surface area (Å²) >= 11 is 0. The number of hydrogen-bond donors (Lipinski definition) is 2. The number of nitrogens with zero attached hydrogens (tertiary/aromatic N) is 3. The number of amides is 1. The third kappa shape index (κ3) is 5.99. The molecule has 0 aliphatic carbocycles. The lowest BCUT2D eigenvalue weighted by Crippen LogP contribution is -2.40. The van der Waals surface area contributed by atoms with Crippen LogP contribution in [0.4, 0.5) is 0 Å². The summed E-state index contributed by atoms with van der Waals surface area (Å²) < 4.78 is 2.08. The second-order valence-electron chi connectivity index (χ2n) is 5.95. The summed E-state index contributed by atoms with van der Waals surface area (Å²) in [4.78, 5) is 18.3. The Labute approximate surface area is 149 Å². The fourth-order valence-corrected chi connectivity index (χ4v) is 2.54. The zero-order valence-electron chi connectivity index (χ0n) is 15.2. The Morgan fingerprint density at radius 1 is 1.16 bits per heavy atom. The Bertz CT molecular complexity index is 693. The smallest absolute Gasteiger partial charge is 0.222 e. The molecule has 0 aliphatic rings. The van der Waals surface area contributed by atoms with E-state index in [2.05, 4.69) is 26.3 Å². The van der Waals surface area contributed by atoms with Crippen molar-refractivity contribution in [3.8, 4) is 0 Å². The highest BCUT2D eigenvalue weighted by molar-refractivity contribution is 5.81. The first-order valence-electron chi connectivity index (χ1n) is 8.42. The topological polar surface area (TPSA) is 61.7 Å². The first kappa shape index (κ1) is 18.6. The summed E-state index contributed by atoms with van der Waals surface area (Å²) in [5.41, 5.74) is 2.30. The van der Waals surface area contributed by atoms with Gasteiger partial charge in [-0.1, -0.05) is 30.3 Å². The lowest BCUT2D eigenvalue weighted by Gasteiger charge is -2.22. The Balaban J connectivity index is 1.71. The lowest BCUT2D eigenvalue weighted by molar-refractivity contribution is -0.121. The number of carbonyl (C=O) groups is 1. The summed E-state index contributed by atoms with van der Waals surface area (Å²) in [5.74, 6) is 0.800. The van der Waals surface area contributed by atoms with Crippen LogP contribution in [0, 0.1) is 0 Å². The van der Waals surface area contributed by atoms with Gasteiger partial charge in [-0.3, -0.25) is 9.79 Å². The highest BCUT2D eigenvalue weighted by Gasteiger charge is 2.09. The molecule has 0 saturated heterocycles. The van der Waals surface area contributed by atoms with E-state index >= 15 is 0 Å². The van der Waals surface area contributed by atoms with Crippen LogP contribution in [-0.4, -0.2) is 42.0 Å². The average Bonchev–Trinajstić information content (AvgIpc) is 3.02.